The normalized spacial score (nSPS) is 16.4. The zero-order valence-corrected chi connectivity index (χ0v) is 10.9. The van der Waals surface area contributed by atoms with E-state index >= 15 is 0 Å². The molecule has 1 aliphatic heterocycles. The lowest BCUT2D eigenvalue weighted by Crippen LogP contribution is -2.34. The van der Waals surface area contributed by atoms with Crippen molar-refractivity contribution >= 4 is 22.8 Å². The Morgan fingerprint density at radius 3 is 2.90 bits per heavy atom. The van der Waals surface area contributed by atoms with E-state index in [1.54, 1.807) is 26.0 Å². The zero-order chi connectivity index (χ0) is 14.5. The lowest BCUT2D eigenvalue weighted by molar-refractivity contribution is -0.498. The molecule has 8 heteroatoms. The number of amides is 1. The second-order valence-electron chi connectivity index (χ2n) is 5.11. The molecule has 2 aromatic rings. The molecule has 0 unspecified atom stereocenters. The number of H-pyrrole nitrogens is 1. The molecule has 20 heavy (non-hydrogen) atoms. The van der Waals surface area contributed by atoms with Gasteiger partial charge >= 0.3 is 6.09 Å². The predicted molar refractivity (Wildman–Crippen MR) is 69.9 cm³/mol. The number of nitrogens with one attached hydrogen (secondary N) is 2. The number of carbonyl (C=O) groups is 1. The Balaban J connectivity index is 2.14. The Morgan fingerprint density at radius 1 is 1.45 bits per heavy atom. The number of imidazole rings is 1. The van der Waals surface area contributed by atoms with Gasteiger partial charge in [0.25, 0.3) is 6.54 Å². The number of benzene rings is 1. The second-order valence-corrected chi connectivity index (χ2v) is 5.11. The van der Waals surface area contributed by atoms with Gasteiger partial charge in [0.1, 0.15) is 5.60 Å². The van der Waals surface area contributed by atoms with Gasteiger partial charge < -0.3 is 9.72 Å². The molecule has 2 heterocycles. The van der Waals surface area contributed by atoms with E-state index in [9.17, 15) is 14.9 Å². The Labute approximate surface area is 113 Å². The number of hydrogen-bond acceptors (Lipinski definition) is 5. The van der Waals surface area contributed by atoms with E-state index in [1.165, 1.54) is 0 Å². The van der Waals surface area contributed by atoms with Crippen molar-refractivity contribution in [2.75, 3.05) is 5.32 Å². The number of hydrogen-bond donors (Lipinski definition) is 2. The summed E-state index contributed by atoms with van der Waals surface area (Å²) in [7, 11) is 0. The fourth-order valence-corrected chi connectivity index (χ4v) is 2.33. The molecule has 0 bridgehead atoms. The van der Waals surface area contributed by atoms with Crippen LogP contribution in [0.1, 0.15) is 25.2 Å². The second kappa shape index (κ2) is 3.92. The van der Waals surface area contributed by atoms with Crippen LogP contribution in [0.2, 0.25) is 0 Å². The van der Waals surface area contributed by atoms with Gasteiger partial charge in [0.15, 0.2) is 5.82 Å². The topological polar surface area (TPSA) is 110 Å². The highest BCUT2D eigenvalue weighted by atomic mass is 16.6. The van der Waals surface area contributed by atoms with Crippen LogP contribution in [0.25, 0.3) is 11.0 Å². The third-order valence-electron chi connectivity index (χ3n) is 3.18. The third kappa shape index (κ3) is 1.94. The quantitative estimate of drug-likeness (QED) is 0.645. The largest absolute Gasteiger partial charge is 0.438 e. The van der Waals surface area contributed by atoms with Crippen LogP contribution in [-0.4, -0.2) is 21.0 Å². The third-order valence-corrected chi connectivity index (χ3v) is 3.18. The molecule has 1 aliphatic rings. The van der Waals surface area contributed by atoms with Crippen molar-refractivity contribution in [2.45, 2.75) is 26.0 Å². The molecule has 104 valence electrons. The van der Waals surface area contributed by atoms with Crippen molar-refractivity contribution in [3.05, 3.63) is 33.6 Å². The van der Waals surface area contributed by atoms with Gasteiger partial charge in [-0.3, -0.25) is 15.4 Å². The van der Waals surface area contributed by atoms with Gasteiger partial charge in [0.2, 0.25) is 0 Å². The standard InChI is InChI=1S/C12H12N4O4/c1-12(2)6-3-8-9(4-7(6)15-11(17)20-12)14-10(13-8)5-16(18)19/h3-4H,5H2,1-2H3,(H,13,14)(H,15,17). The highest BCUT2D eigenvalue weighted by molar-refractivity contribution is 5.93. The maximum Gasteiger partial charge on any atom is 0.412 e. The van der Waals surface area contributed by atoms with E-state index in [-0.39, 0.29) is 12.4 Å². The number of rotatable bonds is 2. The number of anilines is 1. The van der Waals surface area contributed by atoms with Crippen molar-refractivity contribution < 1.29 is 14.5 Å². The lowest BCUT2D eigenvalue weighted by atomic mass is 9.94. The van der Waals surface area contributed by atoms with Gasteiger partial charge in [-0.15, -0.1) is 0 Å². The summed E-state index contributed by atoms with van der Waals surface area (Å²) in [6.07, 6.45) is -0.525. The summed E-state index contributed by atoms with van der Waals surface area (Å²) in [5.74, 6) is 0.275. The first-order valence-corrected chi connectivity index (χ1v) is 6.00. The summed E-state index contributed by atoms with van der Waals surface area (Å²) >= 11 is 0. The molecule has 1 aromatic carbocycles. The Morgan fingerprint density at radius 2 is 2.20 bits per heavy atom. The summed E-state index contributed by atoms with van der Waals surface area (Å²) in [5.41, 5.74) is 1.88. The molecule has 2 N–H and O–H groups in total. The lowest BCUT2D eigenvalue weighted by Gasteiger charge is -2.32. The highest BCUT2D eigenvalue weighted by Gasteiger charge is 2.34. The Bertz CT molecular complexity index is 734. The summed E-state index contributed by atoms with van der Waals surface area (Å²) in [4.78, 5) is 28.6. The van der Waals surface area contributed by atoms with Crippen LogP contribution in [-0.2, 0) is 16.9 Å². The molecular weight excluding hydrogens is 264 g/mol. The minimum Gasteiger partial charge on any atom is -0.438 e. The zero-order valence-electron chi connectivity index (χ0n) is 10.9. The number of ether oxygens (including phenoxy) is 1. The first-order chi connectivity index (χ1) is 9.35. The van der Waals surface area contributed by atoms with Crippen molar-refractivity contribution in [3.8, 4) is 0 Å². The van der Waals surface area contributed by atoms with E-state index in [2.05, 4.69) is 15.3 Å². The van der Waals surface area contributed by atoms with Gasteiger partial charge in [-0.2, -0.15) is 0 Å². The van der Waals surface area contributed by atoms with Crippen LogP contribution in [0, 0.1) is 10.1 Å². The Kier molecular flexibility index (Phi) is 2.43. The number of cyclic esters (lactones) is 1. The number of aromatic amines is 1. The van der Waals surface area contributed by atoms with Gasteiger partial charge in [-0.25, -0.2) is 9.78 Å². The molecule has 0 radical (unpaired) electrons. The van der Waals surface area contributed by atoms with Crippen LogP contribution in [0.4, 0.5) is 10.5 Å². The minimum absolute atomic E-state index is 0.275. The van der Waals surface area contributed by atoms with Gasteiger partial charge in [0.05, 0.1) is 16.7 Å². The minimum atomic E-state index is -0.764. The van der Waals surface area contributed by atoms with Crippen molar-refractivity contribution in [1.29, 1.82) is 0 Å². The molecule has 8 nitrogen and oxygen atoms in total. The number of carbonyl (C=O) groups excluding carboxylic acids is 1. The Hall–Kier alpha value is -2.64. The van der Waals surface area contributed by atoms with E-state index in [1.807, 2.05) is 0 Å². The molecule has 0 fully saturated rings. The molecule has 0 atom stereocenters. The van der Waals surface area contributed by atoms with Crippen LogP contribution in [0.5, 0.6) is 0 Å². The van der Waals surface area contributed by atoms with E-state index in [0.29, 0.717) is 16.7 Å². The predicted octanol–water partition coefficient (Wildman–Crippen LogP) is 2.14. The number of aromatic nitrogens is 2. The first-order valence-electron chi connectivity index (χ1n) is 6.00. The van der Waals surface area contributed by atoms with Crippen molar-refractivity contribution in [1.82, 2.24) is 9.97 Å². The van der Waals surface area contributed by atoms with E-state index in [4.69, 9.17) is 4.74 Å². The van der Waals surface area contributed by atoms with Gasteiger partial charge in [-0.05, 0) is 26.0 Å². The first kappa shape index (κ1) is 12.4. The maximum atomic E-state index is 11.5. The molecule has 0 spiro atoms. The average Bonchev–Trinajstić information content (AvgIpc) is 2.65. The molecule has 0 saturated carbocycles. The number of nitrogens with zero attached hydrogens (tertiary/aromatic N) is 2. The van der Waals surface area contributed by atoms with Crippen molar-refractivity contribution in [2.24, 2.45) is 0 Å². The van der Waals surface area contributed by atoms with E-state index in [0.717, 1.165) is 5.56 Å². The SMILES string of the molecule is CC1(C)OC(=O)Nc2cc3nc(C[N+](=O)[O-])[nH]c3cc21. The molecule has 0 aliphatic carbocycles. The smallest absolute Gasteiger partial charge is 0.412 e. The van der Waals surface area contributed by atoms with Crippen LogP contribution >= 0.6 is 0 Å². The average molecular weight is 276 g/mol. The van der Waals surface area contributed by atoms with Crippen LogP contribution in [0.3, 0.4) is 0 Å². The van der Waals surface area contributed by atoms with E-state index < -0.39 is 16.6 Å². The van der Waals surface area contributed by atoms with Crippen LogP contribution in [0.15, 0.2) is 12.1 Å². The molecule has 3 rings (SSSR count). The molecule has 1 amide bonds. The maximum absolute atomic E-state index is 11.5. The molecular formula is C12H12N4O4. The number of nitro groups is 1. The monoisotopic (exact) mass is 276 g/mol. The summed E-state index contributed by atoms with van der Waals surface area (Å²) in [6, 6.07) is 3.48. The van der Waals surface area contributed by atoms with Crippen LogP contribution < -0.4 is 5.32 Å². The number of fused-ring (bicyclic) bond motifs is 2. The molecule has 1 aromatic heterocycles. The molecule has 0 saturated heterocycles. The summed E-state index contributed by atoms with van der Waals surface area (Å²) in [5, 5.41) is 13.1. The fourth-order valence-electron chi connectivity index (χ4n) is 2.33. The fraction of sp³-hybridized carbons (Fsp3) is 0.333. The highest BCUT2D eigenvalue weighted by Crippen LogP contribution is 2.37. The van der Waals surface area contributed by atoms with Gasteiger partial charge in [0, 0.05) is 10.5 Å². The van der Waals surface area contributed by atoms with Crippen molar-refractivity contribution in [3.63, 3.8) is 0 Å². The van der Waals surface area contributed by atoms with Gasteiger partial charge in [-0.1, -0.05) is 0 Å². The summed E-state index contributed by atoms with van der Waals surface area (Å²) in [6.45, 7) is 3.20. The summed E-state index contributed by atoms with van der Waals surface area (Å²) < 4.78 is 5.23.